The Morgan fingerprint density at radius 1 is 1.60 bits per heavy atom. The lowest BCUT2D eigenvalue weighted by Crippen LogP contribution is -2.21. The summed E-state index contributed by atoms with van der Waals surface area (Å²) in [7, 11) is 0. The number of nitrogens with zero attached hydrogens (tertiary/aromatic N) is 1. The summed E-state index contributed by atoms with van der Waals surface area (Å²) in [5.41, 5.74) is 0. The molecule has 1 aliphatic heterocycles. The highest BCUT2D eigenvalue weighted by atomic mass is 35.5. The van der Waals surface area contributed by atoms with E-state index in [-0.39, 0.29) is 0 Å². The highest BCUT2D eigenvalue weighted by Gasteiger charge is 2.13. The standard InChI is InChI=1S/C10H15ClN2OS/c11-9-7-15-10(13-9)12-5-4-8-3-1-2-6-14-8/h7-8H,1-6H2,(H,12,13). The number of thiazole rings is 1. The Hall–Kier alpha value is -0.320. The number of hydrogen-bond donors (Lipinski definition) is 1. The van der Waals surface area contributed by atoms with Crippen molar-refractivity contribution in [3.8, 4) is 0 Å². The molecule has 2 heterocycles. The minimum absolute atomic E-state index is 0.432. The van der Waals surface area contributed by atoms with Crippen LogP contribution in [-0.2, 0) is 4.74 Å². The number of nitrogens with one attached hydrogen (secondary N) is 1. The predicted molar refractivity (Wildman–Crippen MR) is 63.8 cm³/mol. The molecule has 0 bridgehead atoms. The topological polar surface area (TPSA) is 34.1 Å². The molecule has 5 heteroatoms. The molecule has 1 unspecified atom stereocenters. The molecule has 1 aromatic heterocycles. The molecule has 1 saturated heterocycles. The third-order valence-electron chi connectivity index (χ3n) is 2.49. The summed E-state index contributed by atoms with van der Waals surface area (Å²) in [5.74, 6) is 0. The minimum atomic E-state index is 0.432. The van der Waals surface area contributed by atoms with E-state index in [4.69, 9.17) is 16.3 Å². The van der Waals surface area contributed by atoms with Crippen molar-refractivity contribution < 1.29 is 4.74 Å². The molecular weight excluding hydrogens is 232 g/mol. The largest absolute Gasteiger partial charge is 0.378 e. The zero-order valence-electron chi connectivity index (χ0n) is 8.54. The highest BCUT2D eigenvalue weighted by Crippen LogP contribution is 2.20. The summed E-state index contributed by atoms with van der Waals surface area (Å²) >= 11 is 7.26. The van der Waals surface area contributed by atoms with Gasteiger partial charge in [0.05, 0.1) is 6.10 Å². The van der Waals surface area contributed by atoms with Gasteiger partial charge >= 0.3 is 0 Å². The van der Waals surface area contributed by atoms with Crippen LogP contribution < -0.4 is 5.32 Å². The Labute approximate surface area is 98.8 Å². The minimum Gasteiger partial charge on any atom is -0.378 e. The maximum Gasteiger partial charge on any atom is 0.184 e. The fourth-order valence-electron chi connectivity index (χ4n) is 1.71. The van der Waals surface area contributed by atoms with Gasteiger partial charge in [-0.3, -0.25) is 0 Å². The van der Waals surface area contributed by atoms with Gasteiger partial charge in [-0.1, -0.05) is 11.6 Å². The van der Waals surface area contributed by atoms with Crippen molar-refractivity contribution in [1.29, 1.82) is 0 Å². The van der Waals surface area contributed by atoms with Crippen LogP contribution >= 0.6 is 22.9 Å². The molecule has 0 amide bonds. The maximum absolute atomic E-state index is 5.72. The molecule has 1 aromatic rings. The molecule has 1 N–H and O–H groups in total. The van der Waals surface area contributed by atoms with Gasteiger partial charge in [0.2, 0.25) is 0 Å². The Morgan fingerprint density at radius 3 is 3.20 bits per heavy atom. The fourth-order valence-corrected chi connectivity index (χ4v) is 2.58. The van der Waals surface area contributed by atoms with Gasteiger partial charge in [0, 0.05) is 18.5 Å². The summed E-state index contributed by atoms with van der Waals surface area (Å²) in [6.45, 7) is 1.84. The molecule has 0 aromatic carbocycles. The van der Waals surface area contributed by atoms with Crippen LogP contribution in [0.1, 0.15) is 25.7 Å². The number of ether oxygens (including phenoxy) is 1. The number of halogens is 1. The quantitative estimate of drug-likeness (QED) is 0.886. The van der Waals surface area contributed by atoms with E-state index >= 15 is 0 Å². The van der Waals surface area contributed by atoms with E-state index in [9.17, 15) is 0 Å². The zero-order valence-corrected chi connectivity index (χ0v) is 10.1. The zero-order chi connectivity index (χ0) is 10.5. The SMILES string of the molecule is Clc1csc(NCCC2CCCCO2)n1. The third kappa shape index (κ3) is 3.63. The monoisotopic (exact) mass is 246 g/mol. The van der Waals surface area contributed by atoms with E-state index in [2.05, 4.69) is 10.3 Å². The van der Waals surface area contributed by atoms with Gasteiger partial charge in [0.25, 0.3) is 0 Å². The predicted octanol–water partition coefficient (Wildman–Crippen LogP) is 3.17. The first-order valence-corrected chi connectivity index (χ1v) is 6.57. The van der Waals surface area contributed by atoms with Crippen molar-refractivity contribution in [2.45, 2.75) is 31.8 Å². The van der Waals surface area contributed by atoms with Gasteiger partial charge in [-0.25, -0.2) is 4.98 Å². The smallest absolute Gasteiger partial charge is 0.184 e. The van der Waals surface area contributed by atoms with E-state index in [0.717, 1.165) is 24.7 Å². The molecule has 0 spiro atoms. The second-order valence-corrected chi connectivity index (χ2v) is 4.92. The van der Waals surface area contributed by atoms with Crippen molar-refractivity contribution in [3.63, 3.8) is 0 Å². The first kappa shape index (κ1) is 11.2. The molecule has 0 aliphatic carbocycles. The number of aromatic nitrogens is 1. The van der Waals surface area contributed by atoms with Crippen LogP contribution in [0, 0.1) is 0 Å². The average molecular weight is 247 g/mol. The van der Waals surface area contributed by atoms with Crippen LogP contribution in [-0.4, -0.2) is 24.2 Å². The van der Waals surface area contributed by atoms with Crippen LogP contribution in [0.5, 0.6) is 0 Å². The van der Waals surface area contributed by atoms with Crippen LogP contribution in [0.3, 0.4) is 0 Å². The molecule has 2 rings (SSSR count). The summed E-state index contributed by atoms with van der Waals surface area (Å²) in [5, 5.41) is 6.56. The molecule has 15 heavy (non-hydrogen) atoms. The van der Waals surface area contributed by atoms with Gasteiger partial charge in [0.15, 0.2) is 5.13 Å². The summed E-state index contributed by atoms with van der Waals surface area (Å²) in [6, 6.07) is 0. The maximum atomic E-state index is 5.72. The van der Waals surface area contributed by atoms with Gasteiger partial charge in [0.1, 0.15) is 5.15 Å². The van der Waals surface area contributed by atoms with E-state index in [1.165, 1.54) is 19.3 Å². The van der Waals surface area contributed by atoms with E-state index in [1.807, 2.05) is 5.38 Å². The summed E-state index contributed by atoms with van der Waals surface area (Å²) < 4.78 is 5.64. The normalized spacial score (nSPS) is 21.5. The summed E-state index contributed by atoms with van der Waals surface area (Å²) in [4.78, 5) is 4.13. The molecule has 84 valence electrons. The number of anilines is 1. The number of rotatable bonds is 4. The Morgan fingerprint density at radius 2 is 2.53 bits per heavy atom. The molecule has 1 atom stereocenters. The lowest BCUT2D eigenvalue weighted by atomic mass is 10.1. The second-order valence-electron chi connectivity index (χ2n) is 3.68. The highest BCUT2D eigenvalue weighted by molar-refractivity contribution is 7.14. The Bertz CT molecular complexity index is 299. The lowest BCUT2D eigenvalue weighted by molar-refractivity contribution is 0.0134. The van der Waals surface area contributed by atoms with Crippen molar-refractivity contribution in [3.05, 3.63) is 10.5 Å². The molecule has 0 saturated carbocycles. The van der Waals surface area contributed by atoms with Gasteiger partial charge in [-0.2, -0.15) is 0 Å². The molecule has 1 fully saturated rings. The van der Waals surface area contributed by atoms with Gasteiger partial charge in [-0.05, 0) is 25.7 Å². The van der Waals surface area contributed by atoms with Crippen LogP contribution in [0.15, 0.2) is 5.38 Å². The van der Waals surface area contributed by atoms with Gasteiger partial charge < -0.3 is 10.1 Å². The number of hydrogen-bond acceptors (Lipinski definition) is 4. The third-order valence-corrected chi connectivity index (χ3v) is 3.62. The lowest BCUT2D eigenvalue weighted by Gasteiger charge is -2.22. The molecule has 1 aliphatic rings. The van der Waals surface area contributed by atoms with Crippen molar-refractivity contribution in [1.82, 2.24) is 4.98 Å². The van der Waals surface area contributed by atoms with E-state index in [1.54, 1.807) is 11.3 Å². The Kier molecular flexibility index (Phi) is 4.23. The van der Waals surface area contributed by atoms with Crippen LogP contribution in [0.25, 0.3) is 0 Å². The van der Waals surface area contributed by atoms with Crippen molar-refractivity contribution in [2.24, 2.45) is 0 Å². The first-order chi connectivity index (χ1) is 7.34. The van der Waals surface area contributed by atoms with E-state index in [0.29, 0.717) is 11.3 Å². The average Bonchev–Trinajstić information content (AvgIpc) is 2.66. The Balaban J connectivity index is 1.65. The molecular formula is C10H15ClN2OS. The fraction of sp³-hybridized carbons (Fsp3) is 0.700. The molecule has 0 radical (unpaired) electrons. The first-order valence-electron chi connectivity index (χ1n) is 5.31. The summed E-state index contributed by atoms with van der Waals surface area (Å²) in [6.07, 6.45) is 5.19. The van der Waals surface area contributed by atoms with E-state index < -0.39 is 0 Å². The van der Waals surface area contributed by atoms with Crippen LogP contribution in [0.2, 0.25) is 5.15 Å². The van der Waals surface area contributed by atoms with Crippen molar-refractivity contribution >= 4 is 28.1 Å². The molecule has 3 nitrogen and oxygen atoms in total. The van der Waals surface area contributed by atoms with Crippen LogP contribution in [0.4, 0.5) is 5.13 Å². The van der Waals surface area contributed by atoms with Gasteiger partial charge in [-0.15, -0.1) is 11.3 Å². The van der Waals surface area contributed by atoms with Crippen molar-refractivity contribution in [2.75, 3.05) is 18.5 Å². The second kappa shape index (κ2) is 5.68.